The molecule has 0 aliphatic carbocycles. The standard InChI is InChI=1S/C21H25NO/c1-15-7-9-20(10-8-15)23-11-5-6-19(14-22)21-17(3)12-16(2)13-18(21)4/h7-10,12-13,19H,5-6,11H2,1-4H3. The van der Waals surface area contributed by atoms with E-state index in [9.17, 15) is 5.26 Å². The zero-order valence-corrected chi connectivity index (χ0v) is 14.5. The Hall–Kier alpha value is -2.27. The summed E-state index contributed by atoms with van der Waals surface area (Å²) in [5.41, 5.74) is 6.10. The van der Waals surface area contributed by atoms with Crippen molar-refractivity contribution in [2.45, 2.75) is 46.5 Å². The molecule has 2 rings (SSSR count). The van der Waals surface area contributed by atoms with Crippen LogP contribution in [0.1, 0.15) is 46.6 Å². The van der Waals surface area contributed by atoms with E-state index in [0.717, 1.165) is 18.6 Å². The lowest BCUT2D eigenvalue weighted by Gasteiger charge is -2.16. The van der Waals surface area contributed by atoms with E-state index in [0.29, 0.717) is 6.61 Å². The van der Waals surface area contributed by atoms with E-state index in [1.165, 1.54) is 27.8 Å². The van der Waals surface area contributed by atoms with E-state index in [-0.39, 0.29) is 5.92 Å². The van der Waals surface area contributed by atoms with Crippen LogP contribution in [0.4, 0.5) is 0 Å². The first-order chi connectivity index (χ1) is 11.0. The summed E-state index contributed by atoms with van der Waals surface area (Å²) in [5.74, 6) is 0.837. The third kappa shape index (κ3) is 4.60. The zero-order chi connectivity index (χ0) is 16.8. The number of nitrogens with zero attached hydrogens (tertiary/aromatic N) is 1. The number of aryl methyl sites for hydroxylation is 4. The van der Waals surface area contributed by atoms with Gasteiger partial charge in [-0.2, -0.15) is 5.26 Å². The predicted octanol–water partition coefficient (Wildman–Crippen LogP) is 5.39. The van der Waals surface area contributed by atoms with E-state index >= 15 is 0 Å². The maximum Gasteiger partial charge on any atom is 0.119 e. The van der Waals surface area contributed by atoms with Crippen LogP contribution in [0.25, 0.3) is 0 Å². The topological polar surface area (TPSA) is 33.0 Å². The minimum atomic E-state index is -0.0581. The minimum absolute atomic E-state index is 0.0581. The SMILES string of the molecule is Cc1ccc(OCCCC(C#N)c2c(C)cc(C)cc2C)cc1. The summed E-state index contributed by atoms with van der Waals surface area (Å²) in [6.45, 7) is 9.00. The second-order valence-electron chi connectivity index (χ2n) is 6.30. The Labute approximate surface area is 139 Å². The Balaban J connectivity index is 1.93. The molecule has 2 nitrogen and oxygen atoms in total. The van der Waals surface area contributed by atoms with E-state index in [1.807, 2.05) is 24.3 Å². The van der Waals surface area contributed by atoms with Gasteiger partial charge in [0.2, 0.25) is 0 Å². The van der Waals surface area contributed by atoms with Crippen molar-refractivity contribution in [3.63, 3.8) is 0 Å². The molecule has 120 valence electrons. The number of hydrogen-bond donors (Lipinski definition) is 0. The molecule has 0 fully saturated rings. The monoisotopic (exact) mass is 307 g/mol. The van der Waals surface area contributed by atoms with Crippen LogP contribution in [0.15, 0.2) is 36.4 Å². The third-order valence-corrected chi connectivity index (χ3v) is 4.17. The number of rotatable bonds is 6. The number of benzene rings is 2. The van der Waals surface area contributed by atoms with Crippen LogP contribution in [0, 0.1) is 39.0 Å². The lowest BCUT2D eigenvalue weighted by Crippen LogP contribution is -2.05. The summed E-state index contributed by atoms with van der Waals surface area (Å²) >= 11 is 0. The van der Waals surface area contributed by atoms with Crippen LogP contribution >= 0.6 is 0 Å². The zero-order valence-electron chi connectivity index (χ0n) is 14.5. The van der Waals surface area contributed by atoms with Gasteiger partial charge in [-0.05, 0) is 69.4 Å². The molecule has 0 heterocycles. The fraction of sp³-hybridized carbons (Fsp3) is 0.381. The van der Waals surface area contributed by atoms with Gasteiger partial charge in [0.1, 0.15) is 5.75 Å². The molecule has 0 saturated carbocycles. The van der Waals surface area contributed by atoms with E-state index in [1.54, 1.807) is 0 Å². The maximum absolute atomic E-state index is 9.55. The number of nitriles is 1. The largest absolute Gasteiger partial charge is 0.494 e. The fourth-order valence-electron chi connectivity index (χ4n) is 3.13. The molecule has 2 aromatic rings. The Kier molecular flexibility index (Phi) is 5.82. The molecular weight excluding hydrogens is 282 g/mol. The molecule has 0 saturated heterocycles. The van der Waals surface area contributed by atoms with E-state index in [4.69, 9.17) is 4.74 Å². The lowest BCUT2D eigenvalue weighted by molar-refractivity contribution is 0.305. The molecule has 0 amide bonds. The molecule has 1 atom stereocenters. The third-order valence-electron chi connectivity index (χ3n) is 4.17. The summed E-state index contributed by atoms with van der Waals surface area (Å²) in [6, 6.07) is 14.9. The van der Waals surface area contributed by atoms with Crippen molar-refractivity contribution in [1.29, 1.82) is 5.26 Å². The summed E-state index contributed by atoms with van der Waals surface area (Å²) in [4.78, 5) is 0. The molecular formula is C21H25NO. The molecule has 0 N–H and O–H groups in total. The van der Waals surface area contributed by atoms with Crippen LogP contribution in [0.2, 0.25) is 0 Å². The summed E-state index contributed by atoms with van der Waals surface area (Å²) in [6.07, 6.45) is 1.70. The van der Waals surface area contributed by atoms with Crippen LogP contribution in [-0.2, 0) is 0 Å². The predicted molar refractivity (Wildman–Crippen MR) is 94.9 cm³/mol. The van der Waals surface area contributed by atoms with Crippen LogP contribution in [0.5, 0.6) is 5.75 Å². The highest BCUT2D eigenvalue weighted by Crippen LogP contribution is 2.28. The Morgan fingerprint density at radius 1 is 0.957 bits per heavy atom. The highest BCUT2D eigenvalue weighted by Gasteiger charge is 2.16. The molecule has 0 radical (unpaired) electrons. The van der Waals surface area contributed by atoms with Gasteiger partial charge in [0.25, 0.3) is 0 Å². The average Bonchev–Trinajstić information content (AvgIpc) is 2.50. The van der Waals surface area contributed by atoms with Crippen LogP contribution in [-0.4, -0.2) is 6.61 Å². The van der Waals surface area contributed by atoms with Crippen LogP contribution < -0.4 is 4.74 Å². The molecule has 0 spiro atoms. The first-order valence-electron chi connectivity index (χ1n) is 8.18. The van der Waals surface area contributed by atoms with Gasteiger partial charge < -0.3 is 4.74 Å². The van der Waals surface area contributed by atoms with Crippen molar-refractivity contribution in [3.8, 4) is 11.8 Å². The molecule has 2 heteroatoms. The fourth-order valence-corrected chi connectivity index (χ4v) is 3.13. The number of ether oxygens (including phenoxy) is 1. The first kappa shape index (κ1) is 17.1. The highest BCUT2D eigenvalue weighted by molar-refractivity contribution is 5.42. The van der Waals surface area contributed by atoms with Gasteiger partial charge in [0, 0.05) is 0 Å². The normalized spacial score (nSPS) is 11.8. The highest BCUT2D eigenvalue weighted by atomic mass is 16.5. The first-order valence-corrected chi connectivity index (χ1v) is 8.18. The molecule has 0 bridgehead atoms. The van der Waals surface area contributed by atoms with Crippen molar-refractivity contribution in [2.75, 3.05) is 6.61 Å². The van der Waals surface area contributed by atoms with Gasteiger partial charge in [0.05, 0.1) is 18.6 Å². The van der Waals surface area contributed by atoms with Crippen molar-refractivity contribution < 1.29 is 4.74 Å². The summed E-state index contributed by atoms with van der Waals surface area (Å²) < 4.78 is 5.76. The summed E-state index contributed by atoms with van der Waals surface area (Å²) in [7, 11) is 0. The van der Waals surface area contributed by atoms with E-state index < -0.39 is 0 Å². The van der Waals surface area contributed by atoms with Gasteiger partial charge in [-0.25, -0.2) is 0 Å². The second kappa shape index (κ2) is 7.83. The van der Waals surface area contributed by atoms with Gasteiger partial charge in [-0.3, -0.25) is 0 Å². The minimum Gasteiger partial charge on any atom is -0.494 e. The molecule has 2 aromatic carbocycles. The van der Waals surface area contributed by atoms with Gasteiger partial charge in [-0.1, -0.05) is 35.4 Å². The molecule has 1 unspecified atom stereocenters. The Morgan fingerprint density at radius 2 is 1.57 bits per heavy atom. The van der Waals surface area contributed by atoms with Crippen molar-refractivity contribution in [2.24, 2.45) is 0 Å². The number of hydrogen-bond acceptors (Lipinski definition) is 2. The van der Waals surface area contributed by atoms with Crippen LogP contribution in [0.3, 0.4) is 0 Å². The summed E-state index contributed by atoms with van der Waals surface area (Å²) in [5, 5.41) is 9.55. The lowest BCUT2D eigenvalue weighted by atomic mass is 9.87. The quantitative estimate of drug-likeness (QED) is 0.671. The molecule has 0 aliphatic rings. The van der Waals surface area contributed by atoms with Gasteiger partial charge in [-0.15, -0.1) is 0 Å². The van der Waals surface area contributed by atoms with Crippen molar-refractivity contribution in [1.82, 2.24) is 0 Å². The average molecular weight is 307 g/mol. The molecule has 0 aliphatic heterocycles. The molecule has 0 aromatic heterocycles. The Bertz CT molecular complexity index is 672. The van der Waals surface area contributed by atoms with Crippen molar-refractivity contribution >= 4 is 0 Å². The maximum atomic E-state index is 9.55. The van der Waals surface area contributed by atoms with Crippen molar-refractivity contribution in [3.05, 3.63) is 64.2 Å². The second-order valence-corrected chi connectivity index (χ2v) is 6.30. The van der Waals surface area contributed by atoms with Gasteiger partial charge in [0.15, 0.2) is 0 Å². The Morgan fingerprint density at radius 3 is 2.13 bits per heavy atom. The molecule has 23 heavy (non-hydrogen) atoms. The van der Waals surface area contributed by atoms with E-state index in [2.05, 4.69) is 45.9 Å². The van der Waals surface area contributed by atoms with Gasteiger partial charge >= 0.3 is 0 Å². The smallest absolute Gasteiger partial charge is 0.119 e.